The number of anilines is 2. The van der Waals surface area contributed by atoms with Crippen LogP contribution in [0.3, 0.4) is 0 Å². The summed E-state index contributed by atoms with van der Waals surface area (Å²) in [4.78, 5) is 33.8. The van der Waals surface area contributed by atoms with Crippen LogP contribution in [-0.2, 0) is 9.53 Å². The van der Waals surface area contributed by atoms with Crippen LogP contribution >= 0.6 is 23.2 Å². The molecule has 0 heterocycles. The smallest absolute Gasteiger partial charge is 0.338 e. The molecule has 0 saturated heterocycles. The van der Waals surface area contributed by atoms with Crippen LogP contribution in [0.1, 0.15) is 10.4 Å². The van der Waals surface area contributed by atoms with Crippen LogP contribution in [-0.4, -0.2) is 23.4 Å². The standard InChI is InChI=1S/C15H11Cl2N3O5/c16-9-4-10(17)6-11(5-9)19-14(21)7-25-15(22)8-1-2-12(18)13(3-8)20(23)24/h1-6H,7,18H2,(H,19,21). The van der Waals surface area contributed by atoms with Gasteiger partial charge in [0, 0.05) is 21.8 Å². The number of ether oxygens (including phenoxy) is 1. The molecule has 0 fully saturated rings. The van der Waals surface area contributed by atoms with Crippen molar-refractivity contribution in [3.05, 3.63) is 62.1 Å². The summed E-state index contributed by atoms with van der Waals surface area (Å²) in [5.74, 6) is -1.53. The first-order chi connectivity index (χ1) is 11.8. The summed E-state index contributed by atoms with van der Waals surface area (Å²) in [6.45, 7) is -0.596. The highest BCUT2D eigenvalue weighted by Crippen LogP contribution is 2.23. The van der Waals surface area contributed by atoms with Gasteiger partial charge in [-0.1, -0.05) is 23.2 Å². The molecule has 25 heavy (non-hydrogen) atoms. The number of amides is 1. The topological polar surface area (TPSA) is 125 Å². The average Bonchev–Trinajstić information content (AvgIpc) is 2.51. The van der Waals surface area contributed by atoms with Crippen molar-refractivity contribution in [1.29, 1.82) is 0 Å². The number of nitrogens with two attached hydrogens (primary N) is 1. The van der Waals surface area contributed by atoms with Crippen LogP contribution in [0.15, 0.2) is 36.4 Å². The van der Waals surface area contributed by atoms with Gasteiger partial charge in [0.2, 0.25) is 0 Å². The van der Waals surface area contributed by atoms with E-state index < -0.39 is 29.1 Å². The number of rotatable bonds is 5. The summed E-state index contributed by atoms with van der Waals surface area (Å²) >= 11 is 11.6. The number of hydrogen-bond acceptors (Lipinski definition) is 6. The van der Waals surface area contributed by atoms with E-state index in [1.807, 2.05) is 0 Å². The molecule has 0 bridgehead atoms. The molecule has 0 radical (unpaired) electrons. The van der Waals surface area contributed by atoms with E-state index in [-0.39, 0.29) is 11.3 Å². The fraction of sp³-hybridized carbons (Fsp3) is 0.0667. The van der Waals surface area contributed by atoms with Crippen molar-refractivity contribution in [3.8, 4) is 0 Å². The second-order valence-corrected chi connectivity index (χ2v) is 5.69. The van der Waals surface area contributed by atoms with E-state index in [2.05, 4.69) is 5.32 Å². The number of nitro groups is 1. The molecule has 0 aliphatic carbocycles. The predicted molar refractivity (Wildman–Crippen MR) is 92.9 cm³/mol. The van der Waals surface area contributed by atoms with Gasteiger partial charge in [0.1, 0.15) is 5.69 Å². The van der Waals surface area contributed by atoms with Crippen molar-refractivity contribution in [2.75, 3.05) is 17.7 Å². The minimum atomic E-state index is -0.901. The summed E-state index contributed by atoms with van der Waals surface area (Å²) in [6.07, 6.45) is 0. The van der Waals surface area contributed by atoms with Crippen molar-refractivity contribution in [1.82, 2.24) is 0 Å². The zero-order valence-corrected chi connectivity index (χ0v) is 14.0. The Hall–Kier alpha value is -2.84. The molecule has 2 aromatic rings. The van der Waals surface area contributed by atoms with Gasteiger partial charge in [0.25, 0.3) is 11.6 Å². The average molecular weight is 384 g/mol. The maximum absolute atomic E-state index is 11.9. The second-order valence-electron chi connectivity index (χ2n) is 4.81. The number of nitrogens with zero attached hydrogens (tertiary/aromatic N) is 1. The Bertz CT molecular complexity index is 837. The molecule has 0 spiro atoms. The summed E-state index contributed by atoms with van der Waals surface area (Å²) in [5, 5.41) is 13.9. The van der Waals surface area contributed by atoms with Gasteiger partial charge in [-0.05, 0) is 30.3 Å². The third-order valence-corrected chi connectivity index (χ3v) is 3.38. The Morgan fingerprint density at radius 2 is 1.80 bits per heavy atom. The fourth-order valence-electron chi connectivity index (χ4n) is 1.87. The van der Waals surface area contributed by atoms with Crippen molar-refractivity contribution in [2.24, 2.45) is 0 Å². The fourth-order valence-corrected chi connectivity index (χ4v) is 2.39. The lowest BCUT2D eigenvalue weighted by Gasteiger charge is -2.08. The number of benzene rings is 2. The van der Waals surface area contributed by atoms with Gasteiger partial charge in [-0.3, -0.25) is 14.9 Å². The van der Waals surface area contributed by atoms with E-state index in [9.17, 15) is 19.7 Å². The molecule has 0 aliphatic rings. The minimum absolute atomic E-state index is 0.0860. The molecule has 10 heteroatoms. The first-order valence-corrected chi connectivity index (χ1v) is 7.49. The Balaban J connectivity index is 1.98. The lowest BCUT2D eigenvalue weighted by molar-refractivity contribution is -0.383. The second kappa shape index (κ2) is 7.82. The number of hydrogen-bond donors (Lipinski definition) is 2. The number of nitro benzene ring substituents is 1. The van der Waals surface area contributed by atoms with Crippen LogP contribution in [0, 0.1) is 10.1 Å². The highest BCUT2D eigenvalue weighted by Gasteiger charge is 2.17. The Kier molecular flexibility index (Phi) is 5.79. The molecule has 0 aromatic heterocycles. The van der Waals surface area contributed by atoms with E-state index >= 15 is 0 Å². The largest absolute Gasteiger partial charge is 0.452 e. The zero-order chi connectivity index (χ0) is 18.6. The van der Waals surface area contributed by atoms with Crippen LogP contribution < -0.4 is 11.1 Å². The van der Waals surface area contributed by atoms with E-state index in [0.29, 0.717) is 15.7 Å². The molecule has 0 unspecified atom stereocenters. The van der Waals surface area contributed by atoms with E-state index in [1.54, 1.807) is 0 Å². The lowest BCUT2D eigenvalue weighted by atomic mass is 10.2. The third-order valence-electron chi connectivity index (χ3n) is 2.94. The van der Waals surface area contributed by atoms with Gasteiger partial charge >= 0.3 is 5.97 Å². The Morgan fingerprint density at radius 3 is 2.40 bits per heavy atom. The normalized spacial score (nSPS) is 10.2. The summed E-state index contributed by atoms with van der Waals surface area (Å²) in [7, 11) is 0. The van der Waals surface area contributed by atoms with E-state index in [0.717, 1.165) is 6.07 Å². The first kappa shape index (κ1) is 18.5. The van der Waals surface area contributed by atoms with Crippen molar-refractivity contribution < 1.29 is 19.2 Å². The molecular formula is C15H11Cl2N3O5. The number of carbonyl (C=O) groups is 2. The Morgan fingerprint density at radius 1 is 1.16 bits per heavy atom. The molecule has 0 atom stereocenters. The molecule has 2 rings (SSSR count). The van der Waals surface area contributed by atoms with Crippen LogP contribution in [0.2, 0.25) is 10.0 Å². The molecule has 8 nitrogen and oxygen atoms in total. The monoisotopic (exact) mass is 383 g/mol. The van der Waals surface area contributed by atoms with Crippen molar-refractivity contribution in [3.63, 3.8) is 0 Å². The number of nitrogen functional groups attached to an aromatic ring is 1. The van der Waals surface area contributed by atoms with Gasteiger partial charge in [-0.15, -0.1) is 0 Å². The van der Waals surface area contributed by atoms with Gasteiger partial charge in [0.05, 0.1) is 10.5 Å². The minimum Gasteiger partial charge on any atom is -0.452 e. The van der Waals surface area contributed by atoms with E-state index in [1.165, 1.54) is 30.3 Å². The number of nitrogens with one attached hydrogen (secondary N) is 1. The van der Waals surface area contributed by atoms with Crippen molar-refractivity contribution >= 4 is 52.1 Å². The van der Waals surface area contributed by atoms with Crippen LogP contribution in [0.4, 0.5) is 17.1 Å². The van der Waals surface area contributed by atoms with Crippen molar-refractivity contribution in [2.45, 2.75) is 0 Å². The first-order valence-electron chi connectivity index (χ1n) is 6.73. The summed E-state index contributed by atoms with van der Waals surface area (Å²) in [5.41, 5.74) is 5.17. The highest BCUT2D eigenvalue weighted by molar-refractivity contribution is 6.35. The number of halogens is 2. The molecule has 130 valence electrons. The van der Waals surface area contributed by atoms with Gasteiger partial charge < -0.3 is 15.8 Å². The molecule has 2 aromatic carbocycles. The number of esters is 1. The van der Waals surface area contributed by atoms with Gasteiger partial charge in [0.15, 0.2) is 6.61 Å². The highest BCUT2D eigenvalue weighted by atomic mass is 35.5. The predicted octanol–water partition coefficient (Wildman–Crippen LogP) is 3.28. The van der Waals surface area contributed by atoms with E-state index in [4.69, 9.17) is 33.7 Å². The number of carbonyl (C=O) groups excluding carboxylic acids is 2. The molecule has 3 N–H and O–H groups in total. The lowest BCUT2D eigenvalue weighted by Crippen LogP contribution is -2.21. The van der Waals surface area contributed by atoms with Crippen LogP contribution in [0.25, 0.3) is 0 Å². The maximum Gasteiger partial charge on any atom is 0.338 e. The molecule has 0 aliphatic heterocycles. The third kappa shape index (κ3) is 5.07. The summed E-state index contributed by atoms with van der Waals surface area (Å²) in [6, 6.07) is 7.88. The van der Waals surface area contributed by atoms with Gasteiger partial charge in [-0.2, -0.15) is 0 Å². The van der Waals surface area contributed by atoms with Crippen LogP contribution in [0.5, 0.6) is 0 Å². The molecule has 0 saturated carbocycles. The molecular weight excluding hydrogens is 373 g/mol. The maximum atomic E-state index is 11.9. The Labute approximate surface area is 151 Å². The van der Waals surface area contributed by atoms with Gasteiger partial charge in [-0.25, -0.2) is 4.79 Å². The quantitative estimate of drug-likeness (QED) is 0.353. The zero-order valence-electron chi connectivity index (χ0n) is 12.5. The SMILES string of the molecule is Nc1ccc(C(=O)OCC(=O)Nc2cc(Cl)cc(Cl)c2)cc1[N+](=O)[O-]. The molecule has 1 amide bonds. The summed E-state index contributed by atoms with van der Waals surface area (Å²) < 4.78 is 4.82.